The summed E-state index contributed by atoms with van der Waals surface area (Å²) in [7, 11) is 0. The van der Waals surface area contributed by atoms with Crippen LogP contribution in [0.4, 0.5) is 0 Å². The first-order valence-electron chi connectivity index (χ1n) is 5.76. The molecular formula is C14H13N3O2. The first kappa shape index (κ1) is 12.9. The summed E-state index contributed by atoms with van der Waals surface area (Å²) < 4.78 is 0.991. The second-order valence-corrected chi connectivity index (χ2v) is 4.18. The van der Waals surface area contributed by atoms with Crippen molar-refractivity contribution < 1.29 is 5.11 Å². The number of nitriles is 1. The third kappa shape index (κ3) is 2.21. The molecule has 0 aliphatic heterocycles. The fourth-order valence-electron chi connectivity index (χ4n) is 1.96. The molecule has 0 radical (unpaired) electrons. The highest BCUT2D eigenvalue weighted by molar-refractivity contribution is 5.70. The van der Waals surface area contributed by atoms with Gasteiger partial charge in [-0.2, -0.15) is 5.26 Å². The van der Waals surface area contributed by atoms with Gasteiger partial charge in [0, 0.05) is 11.6 Å². The van der Waals surface area contributed by atoms with E-state index in [1.165, 1.54) is 6.07 Å². The molecule has 2 aromatic rings. The molecule has 5 heteroatoms. The standard InChI is InChI=1S/C14H13N3O2/c1-9(16)17-13(18)7-11(12(8-15)14(17)19)10-5-3-2-4-6-10/h2-7,9,18H,16H2,1H3. The number of nitrogens with zero attached hydrogens (tertiary/aromatic N) is 2. The van der Waals surface area contributed by atoms with Crippen molar-refractivity contribution in [3.8, 4) is 23.1 Å². The monoisotopic (exact) mass is 255 g/mol. The third-order valence-electron chi connectivity index (χ3n) is 2.83. The van der Waals surface area contributed by atoms with Crippen molar-refractivity contribution in [1.29, 1.82) is 5.26 Å². The van der Waals surface area contributed by atoms with E-state index in [1.807, 2.05) is 12.1 Å². The van der Waals surface area contributed by atoms with Gasteiger partial charge in [0.2, 0.25) is 0 Å². The number of aromatic hydroxyl groups is 1. The van der Waals surface area contributed by atoms with Gasteiger partial charge in [0.1, 0.15) is 11.6 Å². The predicted molar refractivity (Wildman–Crippen MR) is 71.4 cm³/mol. The van der Waals surface area contributed by atoms with Gasteiger partial charge in [-0.15, -0.1) is 0 Å². The number of aromatic nitrogens is 1. The topological polar surface area (TPSA) is 92.0 Å². The lowest BCUT2D eigenvalue weighted by atomic mass is 10.0. The third-order valence-corrected chi connectivity index (χ3v) is 2.83. The Morgan fingerprint density at radius 1 is 1.37 bits per heavy atom. The van der Waals surface area contributed by atoms with Crippen LogP contribution in [-0.2, 0) is 0 Å². The lowest BCUT2D eigenvalue weighted by Gasteiger charge is -2.14. The van der Waals surface area contributed by atoms with Crippen molar-refractivity contribution in [3.05, 3.63) is 52.3 Å². The highest BCUT2D eigenvalue weighted by Gasteiger charge is 2.17. The van der Waals surface area contributed by atoms with E-state index in [0.717, 1.165) is 4.57 Å². The molecule has 1 aromatic heterocycles. The molecule has 1 atom stereocenters. The van der Waals surface area contributed by atoms with Crippen LogP contribution in [0.5, 0.6) is 5.88 Å². The zero-order valence-electron chi connectivity index (χ0n) is 10.4. The Hall–Kier alpha value is -2.58. The molecule has 0 fully saturated rings. The summed E-state index contributed by atoms with van der Waals surface area (Å²) >= 11 is 0. The molecule has 96 valence electrons. The molecule has 0 aliphatic carbocycles. The van der Waals surface area contributed by atoms with Crippen molar-refractivity contribution in [3.63, 3.8) is 0 Å². The molecular weight excluding hydrogens is 242 g/mol. The van der Waals surface area contributed by atoms with Gasteiger partial charge in [0.15, 0.2) is 5.88 Å². The molecule has 0 amide bonds. The van der Waals surface area contributed by atoms with E-state index in [2.05, 4.69) is 0 Å². The molecule has 2 rings (SSSR count). The molecule has 0 spiro atoms. The van der Waals surface area contributed by atoms with Crippen LogP contribution in [0, 0.1) is 11.3 Å². The zero-order valence-corrected chi connectivity index (χ0v) is 10.4. The van der Waals surface area contributed by atoms with Crippen LogP contribution >= 0.6 is 0 Å². The molecule has 0 saturated heterocycles. The Morgan fingerprint density at radius 3 is 2.53 bits per heavy atom. The fraction of sp³-hybridized carbons (Fsp3) is 0.143. The summed E-state index contributed by atoms with van der Waals surface area (Å²) in [6.07, 6.45) is -0.704. The van der Waals surface area contributed by atoms with Crippen LogP contribution in [0.3, 0.4) is 0 Å². The summed E-state index contributed by atoms with van der Waals surface area (Å²) in [6.45, 7) is 1.56. The molecule has 3 N–H and O–H groups in total. The predicted octanol–water partition coefficient (Wildman–Crippen LogP) is 1.57. The normalized spacial score (nSPS) is 11.8. The Kier molecular flexibility index (Phi) is 3.36. The number of nitrogens with two attached hydrogens (primary N) is 1. The molecule has 19 heavy (non-hydrogen) atoms. The largest absolute Gasteiger partial charge is 0.494 e. The average Bonchev–Trinajstić information content (AvgIpc) is 2.38. The SMILES string of the molecule is CC(N)n1c(O)cc(-c2ccccc2)c(C#N)c1=O. The van der Waals surface area contributed by atoms with E-state index in [9.17, 15) is 15.2 Å². The van der Waals surface area contributed by atoms with Crippen molar-refractivity contribution in [2.24, 2.45) is 5.73 Å². The second-order valence-electron chi connectivity index (χ2n) is 4.18. The highest BCUT2D eigenvalue weighted by Crippen LogP contribution is 2.25. The lowest BCUT2D eigenvalue weighted by Crippen LogP contribution is -2.30. The number of rotatable bonds is 2. The number of hydrogen-bond acceptors (Lipinski definition) is 4. The highest BCUT2D eigenvalue weighted by atomic mass is 16.3. The fourth-order valence-corrected chi connectivity index (χ4v) is 1.96. The smallest absolute Gasteiger partial charge is 0.273 e. The van der Waals surface area contributed by atoms with Crippen molar-refractivity contribution >= 4 is 0 Å². The number of pyridine rings is 1. The Morgan fingerprint density at radius 2 is 2.00 bits per heavy atom. The van der Waals surface area contributed by atoms with E-state index in [1.54, 1.807) is 31.2 Å². The zero-order chi connectivity index (χ0) is 14.0. The van der Waals surface area contributed by atoms with Crippen molar-refractivity contribution in [2.45, 2.75) is 13.1 Å². The quantitative estimate of drug-likeness (QED) is 0.851. The van der Waals surface area contributed by atoms with Crippen molar-refractivity contribution in [1.82, 2.24) is 4.57 Å². The van der Waals surface area contributed by atoms with Gasteiger partial charge in [-0.3, -0.25) is 9.36 Å². The van der Waals surface area contributed by atoms with E-state index in [-0.39, 0.29) is 11.4 Å². The Bertz CT molecular complexity index is 697. The van der Waals surface area contributed by atoms with Gasteiger partial charge >= 0.3 is 0 Å². The van der Waals surface area contributed by atoms with E-state index in [4.69, 9.17) is 5.73 Å². The van der Waals surface area contributed by atoms with Gasteiger partial charge in [-0.25, -0.2) is 0 Å². The average molecular weight is 255 g/mol. The summed E-state index contributed by atoms with van der Waals surface area (Å²) in [6, 6.07) is 12.2. The minimum Gasteiger partial charge on any atom is -0.494 e. The maximum atomic E-state index is 12.2. The first-order valence-corrected chi connectivity index (χ1v) is 5.76. The van der Waals surface area contributed by atoms with E-state index < -0.39 is 11.7 Å². The van der Waals surface area contributed by atoms with Crippen LogP contribution in [0.2, 0.25) is 0 Å². The van der Waals surface area contributed by atoms with Gasteiger partial charge < -0.3 is 10.8 Å². The number of hydrogen-bond donors (Lipinski definition) is 2. The van der Waals surface area contributed by atoms with Gasteiger partial charge in [0.05, 0.1) is 6.17 Å². The van der Waals surface area contributed by atoms with Crippen LogP contribution in [0.1, 0.15) is 18.7 Å². The molecule has 1 aromatic carbocycles. The van der Waals surface area contributed by atoms with Crippen LogP contribution in [0.25, 0.3) is 11.1 Å². The molecule has 1 heterocycles. The number of benzene rings is 1. The molecule has 0 aliphatic rings. The van der Waals surface area contributed by atoms with Gasteiger partial charge in [-0.1, -0.05) is 30.3 Å². The summed E-state index contributed by atoms with van der Waals surface area (Å²) in [5.74, 6) is -0.252. The molecule has 1 unspecified atom stereocenters. The van der Waals surface area contributed by atoms with Crippen LogP contribution in [-0.4, -0.2) is 9.67 Å². The molecule has 5 nitrogen and oxygen atoms in total. The van der Waals surface area contributed by atoms with E-state index >= 15 is 0 Å². The minimum absolute atomic E-state index is 0.0266. The Balaban J connectivity index is 2.79. The van der Waals surface area contributed by atoms with Crippen LogP contribution in [0.15, 0.2) is 41.2 Å². The maximum Gasteiger partial charge on any atom is 0.273 e. The first-order chi connectivity index (χ1) is 9.06. The van der Waals surface area contributed by atoms with Gasteiger partial charge in [-0.05, 0) is 12.5 Å². The minimum atomic E-state index is -0.704. The molecule has 0 saturated carbocycles. The molecule has 0 bridgehead atoms. The summed E-state index contributed by atoms with van der Waals surface area (Å²) in [4.78, 5) is 12.2. The lowest BCUT2D eigenvalue weighted by molar-refractivity contribution is 0.382. The maximum absolute atomic E-state index is 12.2. The Labute approximate surface area is 110 Å². The summed E-state index contributed by atoms with van der Waals surface area (Å²) in [5, 5.41) is 19.1. The summed E-state index contributed by atoms with van der Waals surface area (Å²) in [5.41, 5.74) is 6.11. The van der Waals surface area contributed by atoms with E-state index in [0.29, 0.717) is 11.1 Å². The second kappa shape index (κ2) is 4.96. The van der Waals surface area contributed by atoms with Gasteiger partial charge in [0.25, 0.3) is 5.56 Å². The van der Waals surface area contributed by atoms with Crippen molar-refractivity contribution in [2.75, 3.05) is 0 Å². The van der Waals surface area contributed by atoms with Crippen LogP contribution < -0.4 is 11.3 Å².